The first-order valence-corrected chi connectivity index (χ1v) is 8.16. The molecular weight excluding hydrogens is 308 g/mol. The molecule has 2 heterocycles. The zero-order valence-electron chi connectivity index (χ0n) is 15.0. The van der Waals surface area contributed by atoms with E-state index in [2.05, 4.69) is 10.2 Å². The van der Waals surface area contributed by atoms with Gasteiger partial charge >= 0.3 is 0 Å². The van der Waals surface area contributed by atoms with E-state index in [1.165, 1.54) is 0 Å². The summed E-state index contributed by atoms with van der Waals surface area (Å²) >= 11 is 0. The number of aryl methyl sites for hydroxylation is 2. The van der Waals surface area contributed by atoms with E-state index < -0.39 is 0 Å². The summed E-state index contributed by atoms with van der Waals surface area (Å²) < 4.78 is 14.9. The molecular formula is C16H28N6O2. The SMILES string of the molecule is Cc1nn(CCOCCOCCn2nc(C)c(N)c2C)c(C)c1N. The maximum absolute atomic E-state index is 5.90. The van der Waals surface area contributed by atoms with Crippen LogP contribution in [0.3, 0.4) is 0 Å². The van der Waals surface area contributed by atoms with E-state index in [-0.39, 0.29) is 0 Å². The van der Waals surface area contributed by atoms with Crippen LogP contribution in [0.5, 0.6) is 0 Å². The highest BCUT2D eigenvalue weighted by Crippen LogP contribution is 2.15. The third-order valence-corrected chi connectivity index (χ3v) is 4.14. The lowest BCUT2D eigenvalue weighted by Crippen LogP contribution is -2.14. The molecule has 0 saturated carbocycles. The number of hydrogen-bond donors (Lipinski definition) is 2. The van der Waals surface area contributed by atoms with Gasteiger partial charge in [0.05, 0.1) is 73.7 Å². The average Bonchev–Trinajstić information content (AvgIpc) is 2.95. The van der Waals surface area contributed by atoms with Crippen molar-refractivity contribution in [3.05, 3.63) is 22.8 Å². The molecule has 134 valence electrons. The fourth-order valence-electron chi connectivity index (χ4n) is 2.48. The fourth-order valence-corrected chi connectivity index (χ4v) is 2.48. The van der Waals surface area contributed by atoms with E-state index in [1.54, 1.807) is 0 Å². The van der Waals surface area contributed by atoms with Crippen LogP contribution in [0.4, 0.5) is 11.4 Å². The minimum absolute atomic E-state index is 0.550. The topological polar surface area (TPSA) is 106 Å². The summed E-state index contributed by atoms with van der Waals surface area (Å²) in [6, 6.07) is 0. The van der Waals surface area contributed by atoms with Crippen LogP contribution < -0.4 is 11.5 Å². The van der Waals surface area contributed by atoms with Gasteiger partial charge in [0.1, 0.15) is 0 Å². The molecule has 0 radical (unpaired) electrons. The van der Waals surface area contributed by atoms with Crippen molar-refractivity contribution in [3.63, 3.8) is 0 Å². The Labute approximate surface area is 142 Å². The largest absolute Gasteiger partial charge is 0.396 e. The molecule has 0 amide bonds. The summed E-state index contributed by atoms with van der Waals surface area (Å²) in [7, 11) is 0. The summed E-state index contributed by atoms with van der Waals surface area (Å²) in [6.07, 6.45) is 0. The highest BCUT2D eigenvalue weighted by atomic mass is 16.5. The molecule has 2 aromatic heterocycles. The Morgan fingerprint density at radius 1 is 0.708 bits per heavy atom. The van der Waals surface area contributed by atoms with E-state index in [1.807, 2.05) is 37.1 Å². The molecule has 0 aromatic carbocycles. The third kappa shape index (κ3) is 4.27. The second-order valence-corrected chi connectivity index (χ2v) is 5.84. The first kappa shape index (κ1) is 18.3. The van der Waals surface area contributed by atoms with Crippen molar-refractivity contribution in [2.75, 3.05) is 37.9 Å². The van der Waals surface area contributed by atoms with Crippen molar-refractivity contribution in [1.29, 1.82) is 0 Å². The standard InChI is InChI=1S/C16H28N6O2/c1-11-15(17)13(3)21(19-11)5-7-23-9-10-24-8-6-22-14(4)16(18)12(2)20-22/h5-10,17-18H2,1-4H3. The number of nitrogens with zero attached hydrogens (tertiary/aromatic N) is 4. The second-order valence-electron chi connectivity index (χ2n) is 5.84. The van der Waals surface area contributed by atoms with Crippen molar-refractivity contribution in [2.45, 2.75) is 40.8 Å². The van der Waals surface area contributed by atoms with Crippen LogP contribution >= 0.6 is 0 Å². The van der Waals surface area contributed by atoms with Crippen molar-refractivity contribution < 1.29 is 9.47 Å². The van der Waals surface area contributed by atoms with Crippen LogP contribution in [-0.4, -0.2) is 46.0 Å². The Kier molecular flexibility index (Phi) is 6.22. The quantitative estimate of drug-likeness (QED) is 0.667. The minimum Gasteiger partial charge on any atom is -0.396 e. The number of nitrogen functional groups attached to an aromatic ring is 2. The molecule has 0 atom stereocenters. The fraction of sp³-hybridized carbons (Fsp3) is 0.625. The second kappa shape index (κ2) is 8.16. The van der Waals surface area contributed by atoms with Gasteiger partial charge in [-0.15, -0.1) is 0 Å². The highest BCUT2D eigenvalue weighted by molar-refractivity contribution is 5.47. The van der Waals surface area contributed by atoms with Gasteiger partial charge in [-0.25, -0.2) is 0 Å². The van der Waals surface area contributed by atoms with Crippen LogP contribution in [-0.2, 0) is 22.6 Å². The molecule has 0 saturated heterocycles. The van der Waals surface area contributed by atoms with E-state index in [4.69, 9.17) is 20.9 Å². The molecule has 2 rings (SSSR count). The summed E-state index contributed by atoms with van der Waals surface area (Å²) in [6.45, 7) is 11.4. The zero-order chi connectivity index (χ0) is 17.7. The van der Waals surface area contributed by atoms with Gasteiger partial charge in [-0.1, -0.05) is 0 Å². The number of hydrogen-bond acceptors (Lipinski definition) is 6. The number of ether oxygens (including phenoxy) is 2. The summed E-state index contributed by atoms with van der Waals surface area (Å²) in [4.78, 5) is 0. The Bertz CT molecular complexity index is 618. The lowest BCUT2D eigenvalue weighted by atomic mass is 10.3. The Morgan fingerprint density at radius 2 is 1.08 bits per heavy atom. The molecule has 8 nitrogen and oxygen atoms in total. The molecule has 0 aliphatic carbocycles. The summed E-state index contributed by atoms with van der Waals surface area (Å²) in [5.41, 5.74) is 17.0. The number of anilines is 2. The maximum atomic E-state index is 5.90. The van der Waals surface area contributed by atoms with Crippen molar-refractivity contribution >= 4 is 11.4 Å². The molecule has 8 heteroatoms. The van der Waals surface area contributed by atoms with Crippen LogP contribution in [0.1, 0.15) is 22.8 Å². The molecule has 0 bridgehead atoms. The zero-order valence-corrected chi connectivity index (χ0v) is 15.0. The number of nitrogens with two attached hydrogens (primary N) is 2. The van der Waals surface area contributed by atoms with Crippen molar-refractivity contribution in [1.82, 2.24) is 19.6 Å². The molecule has 2 aromatic rings. The summed E-state index contributed by atoms with van der Waals surface area (Å²) in [5, 5.41) is 8.74. The van der Waals surface area contributed by atoms with Gasteiger partial charge in [-0.2, -0.15) is 10.2 Å². The molecule has 0 aliphatic heterocycles. The molecule has 0 fully saturated rings. The van der Waals surface area contributed by atoms with Gasteiger partial charge in [0.15, 0.2) is 0 Å². The van der Waals surface area contributed by atoms with Crippen LogP contribution in [0.2, 0.25) is 0 Å². The van der Waals surface area contributed by atoms with Gasteiger partial charge in [0.25, 0.3) is 0 Å². The van der Waals surface area contributed by atoms with E-state index in [9.17, 15) is 0 Å². The van der Waals surface area contributed by atoms with E-state index >= 15 is 0 Å². The molecule has 0 spiro atoms. The van der Waals surface area contributed by atoms with Gasteiger partial charge in [0.2, 0.25) is 0 Å². The minimum atomic E-state index is 0.550. The van der Waals surface area contributed by atoms with Crippen molar-refractivity contribution in [2.24, 2.45) is 0 Å². The van der Waals surface area contributed by atoms with E-state index in [0.717, 1.165) is 34.2 Å². The Hall–Kier alpha value is -2.06. The van der Waals surface area contributed by atoms with Crippen LogP contribution in [0.15, 0.2) is 0 Å². The first-order chi connectivity index (χ1) is 11.4. The van der Waals surface area contributed by atoms with Gasteiger partial charge < -0.3 is 20.9 Å². The Morgan fingerprint density at radius 3 is 1.38 bits per heavy atom. The molecule has 0 aliphatic rings. The monoisotopic (exact) mass is 336 g/mol. The third-order valence-electron chi connectivity index (χ3n) is 4.14. The van der Waals surface area contributed by atoms with Crippen LogP contribution in [0.25, 0.3) is 0 Å². The highest BCUT2D eigenvalue weighted by Gasteiger charge is 2.08. The lowest BCUT2D eigenvalue weighted by molar-refractivity contribution is 0.0402. The average molecular weight is 336 g/mol. The number of rotatable bonds is 9. The van der Waals surface area contributed by atoms with Gasteiger partial charge in [-0.05, 0) is 27.7 Å². The first-order valence-electron chi connectivity index (χ1n) is 8.16. The van der Waals surface area contributed by atoms with E-state index in [0.29, 0.717) is 39.5 Å². The molecule has 0 unspecified atom stereocenters. The normalized spacial score (nSPS) is 11.3. The van der Waals surface area contributed by atoms with Crippen LogP contribution in [0, 0.1) is 27.7 Å². The van der Waals surface area contributed by atoms with Gasteiger partial charge in [0, 0.05) is 0 Å². The van der Waals surface area contributed by atoms with Crippen molar-refractivity contribution in [3.8, 4) is 0 Å². The smallest absolute Gasteiger partial charge is 0.0825 e. The predicted octanol–water partition coefficient (Wildman–Crippen LogP) is 1.21. The predicted molar refractivity (Wildman–Crippen MR) is 93.9 cm³/mol. The van der Waals surface area contributed by atoms with Gasteiger partial charge in [-0.3, -0.25) is 9.36 Å². The molecule has 24 heavy (non-hydrogen) atoms. The lowest BCUT2D eigenvalue weighted by Gasteiger charge is -2.08. The molecule has 4 N–H and O–H groups in total. The maximum Gasteiger partial charge on any atom is 0.0825 e. The number of aromatic nitrogens is 4. The Balaban J connectivity index is 1.57. The summed E-state index contributed by atoms with van der Waals surface area (Å²) in [5.74, 6) is 0.